The second-order valence-corrected chi connectivity index (χ2v) is 7.56. The van der Waals surface area contributed by atoms with E-state index in [1.54, 1.807) is 0 Å². The van der Waals surface area contributed by atoms with Crippen molar-refractivity contribution in [3.63, 3.8) is 0 Å². The van der Waals surface area contributed by atoms with Crippen molar-refractivity contribution >= 4 is 11.4 Å². The third-order valence-electron chi connectivity index (χ3n) is 5.12. The van der Waals surface area contributed by atoms with Crippen LogP contribution in [0, 0.1) is 0 Å². The van der Waals surface area contributed by atoms with Crippen molar-refractivity contribution in [2.45, 2.75) is 59.5 Å². The molecule has 0 atom stereocenters. The van der Waals surface area contributed by atoms with Crippen molar-refractivity contribution in [3.05, 3.63) is 59.7 Å². The first-order valence-corrected chi connectivity index (χ1v) is 11.0. The van der Waals surface area contributed by atoms with Crippen LogP contribution in [0.5, 0.6) is 0 Å². The van der Waals surface area contributed by atoms with E-state index in [9.17, 15) is 5.11 Å². The van der Waals surface area contributed by atoms with Crippen LogP contribution in [0.4, 0.5) is 11.4 Å². The van der Waals surface area contributed by atoms with Gasteiger partial charge in [0.25, 0.3) is 0 Å². The number of anilines is 2. The Balaban J connectivity index is 2.11. The third-order valence-corrected chi connectivity index (χ3v) is 5.12. The molecule has 3 heteroatoms. The Hall–Kier alpha value is -2.00. The molecule has 0 aliphatic heterocycles. The van der Waals surface area contributed by atoms with E-state index in [2.05, 4.69) is 86.0 Å². The lowest BCUT2D eigenvalue weighted by Crippen LogP contribution is -2.24. The molecule has 0 fully saturated rings. The molecule has 0 unspecified atom stereocenters. The molecule has 0 radical (unpaired) electrons. The summed E-state index contributed by atoms with van der Waals surface area (Å²) in [5.74, 6) is 0. The predicted molar refractivity (Wildman–Crippen MR) is 123 cm³/mol. The lowest BCUT2D eigenvalue weighted by Gasteiger charge is -2.25. The maximum absolute atomic E-state index is 10.8. The van der Waals surface area contributed by atoms with Gasteiger partial charge in [-0.05, 0) is 61.1 Å². The van der Waals surface area contributed by atoms with Gasteiger partial charge in [0.05, 0.1) is 0 Å². The van der Waals surface area contributed by atoms with Gasteiger partial charge in [-0.2, -0.15) is 0 Å². The van der Waals surface area contributed by atoms with E-state index in [4.69, 9.17) is 0 Å². The second kappa shape index (κ2) is 11.8. The van der Waals surface area contributed by atoms with Gasteiger partial charge in [-0.15, -0.1) is 0 Å². The van der Waals surface area contributed by atoms with Crippen LogP contribution in [0.2, 0.25) is 0 Å². The topological polar surface area (TPSA) is 26.7 Å². The van der Waals surface area contributed by atoms with Gasteiger partial charge in [0, 0.05) is 37.6 Å². The summed E-state index contributed by atoms with van der Waals surface area (Å²) in [6.45, 7) is 13.2. The zero-order valence-corrected chi connectivity index (χ0v) is 18.2. The van der Waals surface area contributed by atoms with Gasteiger partial charge in [-0.25, -0.2) is 0 Å². The molecule has 0 aliphatic rings. The van der Waals surface area contributed by atoms with Crippen molar-refractivity contribution in [2.24, 2.45) is 0 Å². The SMILES string of the molecule is CCCN(CCC)c1ccc(C(O)c2ccc(N(CCC)CCC)cc2)cc1. The van der Waals surface area contributed by atoms with E-state index in [-0.39, 0.29) is 0 Å². The summed E-state index contributed by atoms with van der Waals surface area (Å²) >= 11 is 0. The summed E-state index contributed by atoms with van der Waals surface area (Å²) in [4.78, 5) is 4.84. The quantitative estimate of drug-likeness (QED) is 0.486. The van der Waals surface area contributed by atoms with Gasteiger partial charge in [0.15, 0.2) is 0 Å². The van der Waals surface area contributed by atoms with Gasteiger partial charge in [0.1, 0.15) is 6.10 Å². The molecule has 0 amide bonds. The average molecular weight is 383 g/mol. The molecule has 0 saturated heterocycles. The van der Waals surface area contributed by atoms with Crippen molar-refractivity contribution in [3.8, 4) is 0 Å². The highest BCUT2D eigenvalue weighted by Gasteiger charge is 2.13. The normalized spacial score (nSPS) is 11.1. The minimum Gasteiger partial charge on any atom is -0.384 e. The summed E-state index contributed by atoms with van der Waals surface area (Å²) in [6.07, 6.45) is 3.99. The average Bonchev–Trinajstić information content (AvgIpc) is 2.73. The Morgan fingerprint density at radius 3 is 1.11 bits per heavy atom. The zero-order chi connectivity index (χ0) is 20.4. The van der Waals surface area contributed by atoms with Crippen LogP contribution in [0.3, 0.4) is 0 Å². The summed E-state index contributed by atoms with van der Waals surface area (Å²) in [5, 5.41) is 10.8. The van der Waals surface area contributed by atoms with Crippen LogP contribution in [0.25, 0.3) is 0 Å². The maximum Gasteiger partial charge on any atom is 0.104 e. The number of nitrogens with zero attached hydrogens (tertiary/aromatic N) is 2. The molecule has 154 valence electrons. The number of aliphatic hydroxyl groups excluding tert-OH is 1. The Morgan fingerprint density at radius 2 is 0.857 bits per heavy atom. The van der Waals surface area contributed by atoms with Crippen LogP contribution in [-0.4, -0.2) is 31.3 Å². The molecule has 0 aromatic heterocycles. The van der Waals surface area contributed by atoms with Gasteiger partial charge in [-0.3, -0.25) is 0 Å². The largest absolute Gasteiger partial charge is 0.384 e. The van der Waals surface area contributed by atoms with Crippen molar-refractivity contribution in [1.29, 1.82) is 0 Å². The molecule has 2 aromatic carbocycles. The molecular weight excluding hydrogens is 344 g/mol. The van der Waals surface area contributed by atoms with Crippen molar-refractivity contribution < 1.29 is 5.11 Å². The summed E-state index contributed by atoms with van der Waals surface area (Å²) < 4.78 is 0. The van der Waals surface area contributed by atoms with Crippen LogP contribution >= 0.6 is 0 Å². The van der Waals surface area contributed by atoms with Crippen LogP contribution in [0.15, 0.2) is 48.5 Å². The summed E-state index contributed by atoms with van der Waals surface area (Å²) in [5.41, 5.74) is 4.38. The number of aliphatic hydroxyl groups is 1. The molecule has 3 nitrogen and oxygen atoms in total. The second-order valence-electron chi connectivity index (χ2n) is 7.56. The number of hydrogen-bond acceptors (Lipinski definition) is 3. The first-order valence-electron chi connectivity index (χ1n) is 11.0. The molecule has 0 spiro atoms. The molecule has 2 rings (SSSR count). The highest BCUT2D eigenvalue weighted by Crippen LogP contribution is 2.27. The summed E-state index contributed by atoms with van der Waals surface area (Å²) in [6, 6.07) is 16.8. The van der Waals surface area contributed by atoms with Gasteiger partial charge >= 0.3 is 0 Å². The molecular formula is C25H38N2O. The van der Waals surface area contributed by atoms with Gasteiger partial charge < -0.3 is 14.9 Å². The van der Waals surface area contributed by atoms with Crippen molar-refractivity contribution in [2.75, 3.05) is 36.0 Å². The fraction of sp³-hybridized carbons (Fsp3) is 0.520. The van der Waals surface area contributed by atoms with Gasteiger partial charge in [-0.1, -0.05) is 52.0 Å². The predicted octanol–water partition coefficient (Wildman–Crippen LogP) is 6.02. The van der Waals surface area contributed by atoms with E-state index >= 15 is 0 Å². The highest BCUT2D eigenvalue weighted by atomic mass is 16.3. The highest BCUT2D eigenvalue weighted by molar-refractivity contribution is 5.51. The monoisotopic (exact) mass is 382 g/mol. The first-order chi connectivity index (χ1) is 13.6. The Labute approximate surface area is 172 Å². The minimum absolute atomic E-state index is 0.584. The molecule has 0 aliphatic carbocycles. The number of benzene rings is 2. The standard InChI is InChI=1S/C25H38N2O/c1-5-17-26(18-6-2)23-13-9-21(10-14-23)25(28)22-11-15-24(16-12-22)27(19-7-3)20-8-4/h9-16,25,28H,5-8,17-20H2,1-4H3. The van der Waals surface area contributed by atoms with E-state index < -0.39 is 6.10 Å². The van der Waals surface area contributed by atoms with Crippen LogP contribution < -0.4 is 9.80 Å². The lowest BCUT2D eigenvalue weighted by atomic mass is 10.0. The molecule has 0 bridgehead atoms. The first kappa shape index (κ1) is 22.3. The lowest BCUT2D eigenvalue weighted by molar-refractivity contribution is 0.220. The molecule has 0 saturated carbocycles. The number of rotatable bonds is 12. The van der Waals surface area contributed by atoms with E-state index in [1.807, 2.05) is 0 Å². The number of hydrogen-bond donors (Lipinski definition) is 1. The van der Waals surface area contributed by atoms with E-state index in [0.717, 1.165) is 63.0 Å². The molecule has 28 heavy (non-hydrogen) atoms. The minimum atomic E-state index is -0.584. The third kappa shape index (κ3) is 6.00. The van der Waals surface area contributed by atoms with Crippen LogP contribution in [0.1, 0.15) is 70.6 Å². The van der Waals surface area contributed by atoms with E-state index in [0.29, 0.717) is 0 Å². The van der Waals surface area contributed by atoms with Gasteiger partial charge in [0.2, 0.25) is 0 Å². The zero-order valence-electron chi connectivity index (χ0n) is 18.2. The molecule has 0 heterocycles. The van der Waals surface area contributed by atoms with Crippen molar-refractivity contribution in [1.82, 2.24) is 0 Å². The molecule has 2 aromatic rings. The maximum atomic E-state index is 10.8. The molecule has 1 N–H and O–H groups in total. The fourth-order valence-electron chi connectivity index (χ4n) is 3.75. The van der Waals surface area contributed by atoms with E-state index in [1.165, 1.54) is 11.4 Å². The summed E-state index contributed by atoms with van der Waals surface area (Å²) in [7, 11) is 0. The Kier molecular flexibility index (Phi) is 9.36. The van der Waals surface area contributed by atoms with Crippen LogP contribution in [-0.2, 0) is 0 Å². The Morgan fingerprint density at radius 1 is 0.571 bits per heavy atom. The smallest absolute Gasteiger partial charge is 0.104 e. The fourth-order valence-corrected chi connectivity index (χ4v) is 3.75. The Bertz CT molecular complexity index is 594.